The first-order valence-electron chi connectivity index (χ1n) is 12.0. The fourth-order valence-electron chi connectivity index (χ4n) is 3.39. The Labute approximate surface area is 221 Å². The first-order chi connectivity index (χ1) is 18.7. The van der Waals surface area contributed by atoms with Gasteiger partial charge in [0.05, 0.1) is 13.3 Å². The van der Waals surface area contributed by atoms with Crippen molar-refractivity contribution in [1.29, 1.82) is 0 Å². The lowest BCUT2D eigenvalue weighted by Crippen LogP contribution is -2.35. The largest absolute Gasteiger partial charge is 0.382 e. The number of nitrogens with one attached hydrogen (secondary N) is 3. The molecule has 2 heterocycles. The van der Waals surface area contributed by atoms with Crippen molar-refractivity contribution in [3.63, 3.8) is 0 Å². The van der Waals surface area contributed by atoms with E-state index < -0.39 is 15.9 Å². The van der Waals surface area contributed by atoms with Crippen LogP contribution < -0.4 is 21.1 Å². The van der Waals surface area contributed by atoms with Crippen molar-refractivity contribution < 1.29 is 19.4 Å². The minimum atomic E-state index is -3.97. The van der Waals surface area contributed by atoms with Crippen LogP contribution in [0.4, 0.5) is 5.82 Å². The number of hydrogen-bond donors (Lipinski definition) is 4. The van der Waals surface area contributed by atoms with E-state index in [1.165, 1.54) is 24.5 Å². The molecule has 5 N–H and O–H groups in total. The second kappa shape index (κ2) is 12.0. The number of anilines is 1. The number of aromatic nitrogens is 3. The quantitative estimate of drug-likeness (QED) is 0.224. The Kier molecular flexibility index (Phi) is 7.92. The summed E-state index contributed by atoms with van der Waals surface area (Å²) < 4.78 is 34.7. The van der Waals surface area contributed by atoms with Gasteiger partial charge < -0.3 is 16.4 Å². The number of nitrogens with two attached hydrogens (primary N) is 1. The third-order valence-electron chi connectivity index (χ3n) is 5.31. The number of benzene rings is 2. The van der Waals surface area contributed by atoms with Crippen molar-refractivity contribution in [2.24, 2.45) is 0 Å². The molecular formula is C26H25N7O4S. The summed E-state index contributed by atoms with van der Waals surface area (Å²) in [5.41, 5.74) is 7.98. The Morgan fingerprint density at radius 3 is 2.55 bits per heavy atom. The molecule has 0 spiro atoms. The van der Waals surface area contributed by atoms with Crippen molar-refractivity contribution in [2.75, 3.05) is 18.8 Å². The van der Waals surface area contributed by atoms with Crippen molar-refractivity contribution in [3.8, 4) is 11.3 Å². The summed E-state index contributed by atoms with van der Waals surface area (Å²) in [7, 11) is -3.97. The van der Waals surface area contributed by atoms with Crippen molar-refractivity contribution >= 4 is 27.7 Å². The van der Waals surface area contributed by atoms with E-state index >= 15 is 0 Å². The van der Waals surface area contributed by atoms with Crippen LogP contribution >= 0.6 is 0 Å². The number of rotatable bonds is 10. The van der Waals surface area contributed by atoms with Gasteiger partial charge in [-0.15, -0.1) is 0 Å². The van der Waals surface area contributed by atoms with Gasteiger partial charge in [0.2, 0.25) is 10.0 Å². The van der Waals surface area contributed by atoms with Crippen molar-refractivity contribution in [3.05, 3.63) is 102 Å². The lowest BCUT2D eigenvalue weighted by Gasteiger charge is -2.10. The smallest absolute Gasteiger partial charge is 0.273 e. The number of nitrogens with zero attached hydrogens (tertiary/aromatic N) is 3. The maximum absolute atomic E-state index is 12.7. The fraction of sp³-hybridized carbons (Fsp3) is 0.115. The highest BCUT2D eigenvalue weighted by atomic mass is 32.2. The van der Waals surface area contributed by atoms with Crippen LogP contribution in [0.5, 0.6) is 0 Å². The third kappa shape index (κ3) is 6.75. The first kappa shape index (κ1) is 25.0. The highest BCUT2D eigenvalue weighted by Crippen LogP contribution is 2.20. The molecule has 2 aromatic heterocycles. The minimum absolute atomic E-state index is 0.0753. The topological polar surface area (TPSA) is 169 Å². The summed E-state index contributed by atoms with van der Waals surface area (Å²) in [5, 5.41) is 5.41. The van der Waals surface area contributed by atoms with Gasteiger partial charge in [-0.25, -0.2) is 23.1 Å². The van der Waals surface area contributed by atoms with Crippen LogP contribution in [-0.4, -0.2) is 48.3 Å². The number of hydrogen-bond acceptors (Lipinski definition) is 8. The highest BCUT2D eigenvalue weighted by molar-refractivity contribution is 7.89. The Hall–Kier alpha value is -4.68. The molecule has 0 atom stereocenters. The predicted molar refractivity (Wildman–Crippen MR) is 141 cm³/mol. The fourth-order valence-corrected chi connectivity index (χ4v) is 4.35. The molecule has 0 radical (unpaired) electrons. The summed E-state index contributed by atoms with van der Waals surface area (Å²) >= 11 is 0. The van der Waals surface area contributed by atoms with Crippen LogP contribution in [0.3, 0.4) is 0 Å². The van der Waals surface area contributed by atoms with Crippen LogP contribution in [0.2, 0.25) is 0 Å². The second-order valence-electron chi connectivity index (χ2n) is 8.01. The Morgan fingerprint density at radius 1 is 0.947 bits per heavy atom. The normalized spacial score (nSPS) is 11.4. The number of pyridine rings is 1. The Bertz CT molecular complexity index is 1600. The third-order valence-corrected chi connectivity index (χ3v) is 6.70. The molecule has 4 rings (SSSR count). The molecule has 2 aromatic carbocycles. The molecule has 12 heteroatoms. The van der Waals surface area contributed by atoms with Crippen LogP contribution in [0, 0.1) is 0 Å². The molecule has 0 fully saturated rings. The van der Waals surface area contributed by atoms with Crippen molar-refractivity contribution in [1.82, 2.24) is 30.3 Å². The molecule has 0 aliphatic carbocycles. The molecule has 2 amide bonds. The van der Waals surface area contributed by atoms with E-state index in [-0.39, 0.29) is 41.6 Å². The maximum Gasteiger partial charge on any atom is 0.273 e. The molecule has 0 aliphatic rings. The van der Waals surface area contributed by atoms with Gasteiger partial charge in [-0.1, -0.05) is 42.5 Å². The van der Waals surface area contributed by atoms with E-state index in [9.17, 15) is 18.0 Å². The van der Waals surface area contributed by atoms with Gasteiger partial charge in [0.25, 0.3) is 11.8 Å². The zero-order chi connectivity index (χ0) is 27.8. The van der Waals surface area contributed by atoms with Gasteiger partial charge in [0, 0.05) is 43.1 Å². The van der Waals surface area contributed by atoms with Gasteiger partial charge in [-0.3, -0.25) is 14.6 Å². The maximum atomic E-state index is 12.7. The van der Waals surface area contributed by atoms with E-state index in [0.29, 0.717) is 23.4 Å². The average Bonchev–Trinajstić information content (AvgIpc) is 2.95. The number of nitrogen functional groups attached to an aromatic ring is 1. The molecule has 0 bridgehead atoms. The molecule has 4 aromatic rings. The molecular weight excluding hydrogens is 506 g/mol. The lowest BCUT2D eigenvalue weighted by molar-refractivity contribution is 0.0942. The Morgan fingerprint density at radius 2 is 1.76 bits per heavy atom. The summed E-state index contributed by atoms with van der Waals surface area (Å²) in [6.07, 6.45) is 2.33. The lowest BCUT2D eigenvalue weighted by atomic mass is 10.1. The summed E-state index contributed by atoms with van der Waals surface area (Å²) in [6.45, 7) is 0.155. The number of carbonyl (C=O) groups is 2. The van der Waals surface area contributed by atoms with Gasteiger partial charge in [-0.05, 0) is 29.8 Å². The van der Waals surface area contributed by atoms with Gasteiger partial charge in [-0.2, -0.15) is 0 Å². The average molecular weight is 533 g/mol. The summed E-state index contributed by atoms with van der Waals surface area (Å²) in [4.78, 5) is 37.1. The first-order valence-corrected chi connectivity index (χ1v) is 13.0. The van der Waals surface area contributed by atoms with Crippen LogP contribution in [0.1, 0.15) is 27.8 Å². The van der Waals surface area contributed by atoms with E-state index in [1.807, 2.05) is 30.3 Å². The standard InChI is InChI=1S/C26H25N7O4S/c27-24-23(26(35)29-12-13-32-38(36,37)21-10-5-11-28-16-21)33-22(17-30-24)19-8-4-9-20(14-19)25(34)31-15-18-6-2-1-3-7-18/h1-11,14,16-17,32H,12-13,15H2,(H2,27,30)(H,29,35)(H,31,34)/i16D. The van der Waals surface area contributed by atoms with Gasteiger partial charge >= 0.3 is 0 Å². The minimum Gasteiger partial charge on any atom is -0.382 e. The monoisotopic (exact) mass is 532 g/mol. The van der Waals surface area contributed by atoms with Crippen LogP contribution in [0.15, 0.2) is 90.2 Å². The zero-order valence-corrected chi connectivity index (χ0v) is 20.9. The second-order valence-corrected chi connectivity index (χ2v) is 9.74. The van der Waals surface area contributed by atoms with E-state index in [2.05, 4.69) is 30.3 Å². The number of amides is 2. The molecule has 11 nitrogen and oxygen atoms in total. The molecule has 38 heavy (non-hydrogen) atoms. The van der Waals surface area contributed by atoms with Crippen molar-refractivity contribution in [2.45, 2.75) is 11.4 Å². The number of carbonyl (C=O) groups excluding carboxylic acids is 2. The van der Waals surface area contributed by atoms with E-state index in [0.717, 1.165) is 5.56 Å². The molecule has 194 valence electrons. The molecule has 0 saturated heterocycles. The molecule has 0 unspecified atom stereocenters. The van der Waals surface area contributed by atoms with Gasteiger partial charge in [0.1, 0.15) is 4.90 Å². The van der Waals surface area contributed by atoms with Gasteiger partial charge in [0.15, 0.2) is 11.5 Å². The van der Waals surface area contributed by atoms with E-state index in [4.69, 9.17) is 7.10 Å². The van der Waals surface area contributed by atoms with E-state index in [1.54, 1.807) is 24.3 Å². The van der Waals surface area contributed by atoms with Crippen LogP contribution in [0.25, 0.3) is 11.3 Å². The SMILES string of the molecule is [2H]c1ncccc1S(=O)(=O)NCCNC(=O)c1nc(-c2cccc(C(=O)NCc3ccccc3)c2)cnc1N. The number of sulfonamides is 1. The Balaban J connectivity index is 1.39. The molecule has 0 aliphatic heterocycles. The molecule has 0 saturated carbocycles. The summed E-state index contributed by atoms with van der Waals surface area (Å²) in [5.74, 6) is -1.03. The predicted octanol–water partition coefficient (Wildman–Crippen LogP) is 1.76. The summed E-state index contributed by atoms with van der Waals surface area (Å²) in [6, 6.07) is 18.9. The zero-order valence-electron chi connectivity index (χ0n) is 21.1. The highest BCUT2D eigenvalue weighted by Gasteiger charge is 2.17. The van der Waals surface area contributed by atoms with Crippen LogP contribution in [-0.2, 0) is 16.6 Å².